The Hall–Kier alpha value is -3.55. The second kappa shape index (κ2) is 7.70. The highest BCUT2D eigenvalue weighted by atomic mass is 16.5. The van der Waals surface area contributed by atoms with Gasteiger partial charge in [0.25, 0.3) is 5.56 Å². The quantitative estimate of drug-likeness (QED) is 0.510. The van der Waals surface area contributed by atoms with Crippen molar-refractivity contribution >= 4 is 22.5 Å². The summed E-state index contributed by atoms with van der Waals surface area (Å²) in [5, 5.41) is 6.61. The summed E-state index contributed by atoms with van der Waals surface area (Å²) in [6.07, 6.45) is 0.148. The van der Waals surface area contributed by atoms with Gasteiger partial charge in [0.15, 0.2) is 17.0 Å². The third-order valence-electron chi connectivity index (χ3n) is 5.17. The molecule has 3 aromatic heterocycles. The van der Waals surface area contributed by atoms with E-state index in [9.17, 15) is 9.59 Å². The molecular weight excluding hydrogens is 384 g/mol. The van der Waals surface area contributed by atoms with E-state index in [1.54, 1.807) is 4.52 Å². The van der Waals surface area contributed by atoms with Gasteiger partial charge in [0.1, 0.15) is 5.76 Å². The first-order valence-electron chi connectivity index (χ1n) is 9.89. The molecule has 8 heteroatoms. The average molecular weight is 408 g/mol. The van der Waals surface area contributed by atoms with Gasteiger partial charge < -0.3 is 14.5 Å². The van der Waals surface area contributed by atoms with Crippen molar-refractivity contribution in [2.45, 2.75) is 40.2 Å². The van der Waals surface area contributed by atoms with Crippen molar-refractivity contribution in [1.29, 1.82) is 0 Å². The molecule has 156 valence electrons. The van der Waals surface area contributed by atoms with Crippen LogP contribution in [0.1, 0.15) is 42.6 Å². The van der Waals surface area contributed by atoms with E-state index in [0.717, 1.165) is 22.3 Å². The number of para-hydroxylation sites is 1. The lowest BCUT2D eigenvalue weighted by Crippen LogP contribution is -2.28. The molecule has 0 aliphatic heterocycles. The molecule has 8 nitrogen and oxygen atoms in total. The molecule has 1 aromatic carbocycles. The van der Waals surface area contributed by atoms with Gasteiger partial charge in [0.05, 0.1) is 19.1 Å². The summed E-state index contributed by atoms with van der Waals surface area (Å²) in [7, 11) is 0. The number of amides is 1. The summed E-state index contributed by atoms with van der Waals surface area (Å²) < 4.78 is 13.2. The zero-order chi connectivity index (χ0) is 21.4. The number of hydrogen-bond acceptors (Lipinski definition) is 5. The fourth-order valence-corrected chi connectivity index (χ4v) is 3.67. The molecule has 1 amide bonds. The normalized spacial score (nSPS) is 12.4. The van der Waals surface area contributed by atoms with E-state index < -0.39 is 0 Å². The highest BCUT2D eigenvalue weighted by molar-refractivity contribution is 5.84. The highest BCUT2D eigenvalue weighted by Gasteiger charge is 2.19. The molecule has 0 fully saturated rings. The summed E-state index contributed by atoms with van der Waals surface area (Å²) in [6.45, 7) is 8.04. The Bertz CT molecular complexity index is 1300. The van der Waals surface area contributed by atoms with E-state index in [1.807, 2.05) is 52.0 Å². The topological polar surface area (TPSA) is 102 Å². The molecule has 3 heterocycles. The zero-order valence-electron chi connectivity index (χ0n) is 17.4. The van der Waals surface area contributed by atoms with E-state index >= 15 is 0 Å². The molecule has 30 heavy (non-hydrogen) atoms. The SMILES string of the molecule is CCOc1cccc2cc(C(C)NC(=O)Cc3c(C)nc4cc(=O)[nH]n4c3C)oc12. The van der Waals surface area contributed by atoms with E-state index in [1.165, 1.54) is 6.07 Å². The minimum absolute atomic E-state index is 0.148. The Morgan fingerprint density at radius 1 is 1.33 bits per heavy atom. The molecule has 0 bridgehead atoms. The standard InChI is InChI=1S/C22H24N4O4/c1-5-29-17-8-6-7-15-9-18(30-22(15)17)13(3)24-20(27)10-16-12(2)23-19-11-21(28)25-26(19)14(16)4/h6-9,11,13H,5,10H2,1-4H3,(H,24,27)(H,25,28). The summed E-state index contributed by atoms with van der Waals surface area (Å²) in [6, 6.07) is 8.76. The monoisotopic (exact) mass is 408 g/mol. The summed E-state index contributed by atoms with van der Waals surface area (Å²) in [5.74, 6) is 1.18. The first-order valence-corrected chi connectivity index (χ1v) is 9.89. The lowest BCUT2D eigenvalue weighted by Gasteiger charge is -2.14. The van der Waals surface area contributed by atoms with Crippen molar-refractivity contribution in [3.05, 3.63) is 63.4 Å². The first kappa shape index (κ1) is 19.8. The molecule has 0 radical (unpaired) electrons. The molecule has 1 atom stereocenters. The highest BCUT2D eigenvalue weighted by Crippen LogP contribution is 2.31. The molecule has 0 aliphatic rings. The number of fused-ring (bicyclic) bond motifs is 2. The number of furan rings is 1. The number of H-pyrrole nitrogens is 1. The van der Waals surface area contributed by atoms with Gasteiger partial charge in [-0.2, -0.15) is 0 Å². The van der Waals surface area contributed by atoms with Crippen molar-refractivity contribution in [3.63, 3.8) is 0 Å². The lowest BCUT2D eigenvalue weighted by atomic mass is 10.1. The van der Waals surface area contributed by atoms with E-state index in [4.69, 9.17) is 9.15 Å². The maximum atomic E-state index is 12.7. The molecular formula is C22H24N4O4. The number of rotatable bonds is 6. The number of hydrogen-bond donors (Lipinski definition) is 2. The third kappa shape index (κ3) is 3.56. The fourth-order valence-electron chi connectivity index (χ4n) is 3.67. The van der Waals surface area contributed by atoms with Crippen molar-refractivity contribution in [1.82, 2.24) is 19.9 Å². The zero-order valence-corrected chi connectivity index (χ0v) is 17.4. The minimum atomic E-state index is -0.317. The smallest absolute Gasteiger partial charge is 0.266 e. The van der Waals surface area contributed by atoms with Gasteiger partial charge >= 0.3 is 0 Å². The van der Waals surface area contributed by atoms with Crippen LogP contribution in [0.25, 0.3) is 16.6 Å². The second-order valence-corrected chi connectivity index (χ2v) is 7.30. The number of aromatic nitrogens is 3. The average Bonchev–Trinajstić information content (AvgIpc) is 3.29. The Morgan fingerprint density at radius 2 is 2.13 bits per heavy atom. The van der Waals surface area contributed by atoms with Crippen LogP contribution in [0.15, 0.2) is 39.5 Å². The molecule has 0 spiro atoms. The summed E-state index contributed by atoms with van der Waals surface area (Å²) >= 11 is 0. The number of aryl methyl sites for hydroxylation is 2. The number of aromatic amines is 1. The minimum Gasteiger partial charge on any atom is -0.490 e. The fraction of sp³-hybridized carbons (Fsp3) is 0.318. The maximum absolute atomic E-state index is 12.7. The van der Waals surface area contributed by atoms with Gasteiger partial charge in [-0.05, 0) is 39.8 Å². The maximum Gasteiger partial charge on any atom is 0.266 e. The first-order chi connectivity index (χ1) is 14.4. The Morgan fingerprint density at radius 3 is 2.90 bits per heavy atom. The molecule has 0 saturated heterocycles. The second-order valence-electron chi connectivity index (χ2n) is 7.30. The molecule has 0 aliphatic carbocycles. The van der Waals surface area contributed by atoms with Crippen molar-refractivity contribution < 1.29 is 13.9 Å². The summed E-state index contributed by atoms with van der Waals surface area (Å²) in [5.41, 5.74) is 3.28. The van der Waals surface area contributed by atoms with Crippen LogP contribution in [-0.2, 0) is 11.2 Å². The van der Waals surface area contributed by atoms with Gasteiger partial charge in [-0.1, -0.05) is 12.1 Å². The van der Waals surface area contributed by atoms with Crippen LogP contribution in [0.5, 0.6) is 5.75 Å². The predicted octanol–water partition coefficient (Wildman–Crippen LogP) is 3.20. The van der Waals surface area contributed by atoms with Gasteiger partial charge in [-0.15, -0.1) is 0 Å². The van der Waals surface area contributed by atoms with Crippen LogP contribution < -0.4 is 15.6 Å². The van der Waals surface area contributed by atoms with Crippen molar-refractivity contribution in [2.75, 3.05) is 6.61 Å². The van der Waals surface area contributed by atoms with Crippen LogP contribution in [0.2, 0.25) is 0 Å². The molecule has 1 unspecified atom stereocenters. The Labute approximate surface area is 172 Å². The van der Waals surface area contributed by atoms with Gasteiger partial charge in [-0.3, -0.25) is 14.7 Å². The number of benzene rings is 1. The number of carbonyl (C=O) groups is 1. The molecule has 4 aromatic rings. The largest absolute Gasteiger partial charge is 0.490 e. The Balaban J connectivity index is 1.54. The van der Waals surface area contributed by atoms with Crippen LogP contribution in [0.4, 0.5) is 0 Å². The van der Waals surface area contributed by atoms with E-state index in [2.05, 4.69) is 15.4 Å². The van der Waals surface area contributed by atoms with Crippen molar-refractivity contribution in [2.24, 2.45) is 0 Å². The van der Waals surface area contributed by atoms with E-state index in [-0.39, 0.29) is 23.9 Å². The Kier molecular flexibility index (Phi) is 5.07. The lowest BCUT2D eigenvalue weighted by molar-refractivity contribution is -0.121. The number of carbonyl (C=O) groups excluding carboxylic acids is 1. The van der Waals surface area contributed by atoms with Crippen LogP contribution in [-0.4, -0.2) is 27.1 Å². The molecule has 2 N–H and O–H groups in total. The third-order valence-corrected chi connectivity index (χ3v) is 5.17. The van der Waals surface area contributed by atoms with E-state index in [0.29, 0.717) is 29.3 Å². The number of ether oxygens (including phenoxy) is 1. The predicted molar refractivity (Wildman–Crippen MR) is 113 cm³/mol. The van der Waals surface area contributed by atoms with Crippen LogP contribution >= 0.6 is 0 Å². The van der Waals surface area contributed by atoms with Crippen LogP contribution in [0.3, 0.4) is 0 Å². The number of nitrogens with one attached hydrogen (secondary N) is 2. The van der Waals surface area contributed by atoms with Gasteiger partial charge in [0, 0.05) is 28.4 Å². The van der Waals surface area contributed by atoms with Crippen LogP contribution in [0, 0.1) is 13.8 Å². The molecule has 0 saturated carbocycles. The van der Waals surface area contributed by atoms with Gasteiger partial charge in [0.2, 0.25) is 5.91 Å². The number of nitrogens with zero attached hydrogens (tertiary/aromatic N) is 2. The summed E-state index contributed by atoms with van der Waals surface area (Å²) in [4.78, 5) is 28.8. The van der Waals surface area contributed by atoms with Crippen molar-refractivity contribution in [3.8, 4) is 5.75 Å². The van der Waals surface area contributed by atoms with Gasteiger partial charge in [-0.25, -0.2) is 9.50 Å². The molecule has 4 rings (SSSR count).